The number of carbonyl (C=O) groups excluding carboxylic acids is 1. The Morgan fingerprint density at radius 2 is 1.80 bits per heavy atom. The van der Waals surface area contributed by atoms with Crippen LogP contribution in [0.5, 0.6) is 0 Å². The van der Waals surface area contributed by atoms with Gasteiger partial charge in [0, 0.05) is 44.5 Å². The number of hydrogen-bond donors (Lipinski definition) is 1. The van der Waals surface area contributed by atoms with E-state index in [-0.39, 0.29) is 12.5 Å². The zero-order valence-electron chi connectivity index (χ0n) is 17.5. The zero-order valence-corrected chi connectivity index (χ0v) is 18.3. The Morgan fingerprint density at radius 1 is 1.13 bits per heavy atom. The summed E-state index contributed by atoms with van der Waals surface area (Å²) in [7, 11) is -3.24. The maximum Gasteiger partial charge on any atom is 0.253 e. The monoisotopic (exact) mass is 428 g/mol. The summed E-state index contributed by atoms with van der Waals surface area (Å²) in [6, 6.07) is 9.36. The fourth-order valence-corrected chi connectivity index (χ4v) is 4.27. The van der Waals surface area contributed by atoms with E-state index in [1.54, 1.807) is 24.3 Å². The van der Waals surface area contributed by atoms with E-state index in [1.807, 2.05) is 11.1 Å². The Morgan fingerprint density at radius 3 is 2.37 bits per heavy atom. The predicted molar refractivity (Wildman–Crippen MR) is 117 cm³/mol. The summed E-state index contributed by atoms with van der Waals surface area (Å²) in [5, 5.41) is 0. The van der Waals surface area contributed by atoms with Crippen LogP contribution in [0.15, 0.2) is 36.5 Å². The maximum atomic E-state index is 12.8. The van der Waals surface area contributed by atoms with Gasteiger partial charge in [0.1, 0.15) is 5.82 Å². The van der Waals surface area contributed by atoms with E-state index >= 15 is 0 Å². The van der Waals surface area contributed by atoms with Gasteiger partial charge < -0.3 is 9.80 Å². The molecule has 4 rings (SSSR count). The molecule has 1 aromatic carbocycles. The third-order valence-electron chi connectivity index (χ3n) is 5.73. The Balaban J connectivity index is 1.34. The van der Waals surface area contributed by atoms with Crippen LogP contribution in [0.2, 0.25) is 0 Å². The second-order valence-corrected chi connectivity index (χ2v) is 10.1. The molecular formula is C22H28N4O3S. The van der Waals surface area contributed by atoms with Crippen LogP contribution < -0.4 is 9.62 Å². The van der Waals surface area contributed by atoms with Crippen LogP contribution in [0, 0.1) is 6.92 Å². The van der Waals surface area contributed by atoms with E-state index in [0.29, 0.717) is 24.6 Å². The number of aryl methyl sites for hydroxylation is 1. The summed E-state index contributed by atoms with van der Waals surface area (Å²) in [5.41, 5.74) is 3.99. The third-order valence-corrected chi connectivity index (χ3v) is 6.40. The Hall–Kier alpha value is -2.45. The first-order valence-corrected chi connectivity index (χ1v) is 12.2. The Labute approximate surface area is 178 Å². The molecule has 0 radical (unpaired) electrons. The second-order valence-electron chi connectivity index (χ2n) is 8.25. The largest absolute Gasteiger partial charge is 0.353 e. The van der Waals surface area contributed by atoms with Crippen LogP contribution in [0.3, 0.4) is 0 Å². The van der Waals surface area contributed by atoms with E-state index in [9.17, 15) is 13.2 Å². The molecule has 1 saturated carbocycles. The van der Waals surface area contributed by atoms with Crippen molar-refractivity contribution < 1.29 is 13.2 Å². The molecule has 2 aromatic rings. The Kier molecular flexibility index (Phi) is 5.79. The lowest BCUT2D eigenvalue weighted by atomic mass is 10.1. The van der Waals surface area contributed by atoms with Crippen LogP contribution in [0.4, 0.5) is 5.82 Å². The number of sulfonamides is 1. The van der Waals surface area contributed by atoms with Crippen molar-refractivity contribution >= 4 is 21.7 Å². The summed E-state index contributed by atoms with van der Waals surface area (Å²) in [6.45, 7) is 5.17. The van der Waals surface area contributed by atoms with E-state index < -0.39 is 10.0 Å². The maximum absolute atomic E-state index is 12.8. The van der Waals surface area contributed by atoms with Crippen LogP contribution in [-0.4, -0.2) is 56.6 Å². The number of piperazine rings is 1. The van der Waals surface area contributed by atoms with Crippen molar-refractivity contribution in [1.29, 1.82) is 0 Å². The first-order valence-electron chi connectivity index (χ1n) is 10.3. The van der Waals surface area contributed by atoms with Crippen molar-refractivity contribution in [2.45, 2.75) is 32.2 Å². The lowest BCUT2D eigenvalue weighted by Crippen LogP contribution is -2.49. The molecule has 1 amide bonds. The SMILES string of the molecule is Cc1cc(C2CC2)cnc1N1CCN(C(=O)c2ccc(CNS(C)(=O)=O)cc2)CC1. The smallest absolute Gasteiger partial charge is 0.253 e. The van der Waals surface area contributed by atoms with Gasteiger partial charge in [-0.05, 0) is 54.5 Å². The van der Waals surface area contributed by atoms with Gasteiger partial charge in [0.25, 0.3) is 5.91 Å². The van der Waals surface area contributed by atoms with Gasteiger partial charge >= 0.3 is 0 Å². The van der Waals surface area contributed by atoms with Crippen molar-refractivity contribution in [2.24, 2.45) is 0 Å². The molecular weight excluding hydrogens is 400 g/mol. The average Bonchev–Trinajstić information content (AvgIpc) is 3.57. The highest BCUT2D eigenvalue weighted by Crippen LogP contribution is 2.40. The minimum atomic E-state index is -3.24. The molecule has 0 unspecified atom stereocenters. The second kappa shape index (κ2) is 8.35. The molecule has 0 atom stereocenters. The highest BCUT2D eigenvalue weighted by atomic mass is 32.2. The van der Waals surface area contributed by atoms with Crippen molar-refractivity contribution in [1.82, 2.24) is 14.6 Å². The summed E-state index contributed by atoms with van der Waals surface area (Å²) >= 11 is 0. The minimum Gasteiger partial charge on any atom is -0.353 e. The van der Waals surface area contributed by atoms with E-state index in [0.717, 1.165) is 30.7 Å². The lowest BCUT2D eigenvalue weighted by molar-refractivity contribution is 0.0746. The van der Waals surface area contributed by atoms with Crippen molar-refractivity contribution in [3.05, 3.63) is 58.8 Å². The van der Waals surface area contributed by atoms with Crippen LogP contribution in [-0.2, 0) is 16.6 Å². The van der Waals surface area contributed by atoms with Gasteiger partial charge in [-0.25, -0.2) is 18.1 Å². The molecule has 2 aliphatic rings. The van der Waals surface area contributed by atoms with E-state index in [1.165, 1.54) is 24.0 Å². The van der Waals surface area contributed by atoms with Gasteiger partial charge in [-0.15, -0.1) is 0 Å². The van der Waals surface area contributed by atoms with Gasteiger partial charge in [-0.3, -0.25) is 4.79 Å². The van der Waals surface area contributed by atoms with E-state index in [4.69, 9.17) is 4.98 Å². The Bertz CT molecular complexity index is 1020. The molecule has 8 heteroatoms. The molecule has 1 aliphatic carbocycles. The molecule has 1 saturated heterocycles. The minimum absolute atomic E-state index is 0.00559. The van der Waals surface area contributed by atoms with Gasteiger partial charge in [0.05, 0.1) is 6.26 Å². The summed E-state index contributed by atoms with van der Waals surface area (Å²) in [5.74, 6) is 1.73. The summed E-state index contributed by atoms with van der Waals surface area (Å²) in [4.78, 5) is 21.7. The number of rotatable bonds is 6. The fourth-order valence-electron chi connectivity index (χ4n) is 3.84. The molecule has 2 heterocycles. The molecule has 2 fully saturated rings. The molecule has 1 aromatic heterocycles. The standard InChI is InChI=1S/C22H28N4O3S/c1-16-13-20(18-7-8-18)15-23-21(16)25-9-11-26(12-10-25)22(27)19-5-3-17(4-6-19)14-24-30(2,28)29/h3-6,13,15,18,24H,7-12,14H2,1-2H3. The fraction of sp³-hybridized carbons (Fsp3) is 0.455. The predicted octanol–water partition coefficient (Wildman–Crippen LogP) is 2.28. The quantitative estimate of drug-likeness (QED) is 0.763. The van der Waals surface area contributed by atoms with Crippen molar-refractivity contribution in [2.75, 3.05) is 37.3 Å². The number of amides is 1. The first kappa shape index (κ1) is 20.8. The molecule has 7 nitrogen and oxygen atoms in total. The van der Waals surface area contributed by atoms with Gasteiger partial charge in [0.15, 0.2) is 0 Å². The third kappa shape index (κ3) is 4.99. The van der Waals surface area contributed by atoms with Gasteiger partial charge in [0.2, 0.25) is 10.0 Å². The van der Waals surface area contributed by atoms with E-state index in [2.05, 4.69) is 22.6 Å². The summed E-state index contributed by atoms with van der Waals surface area (Å²) < 4.78 is 24.9. The average molecular weight is 429 g/mol. The van der Waals surface area contributed by atoms with Crippen LogP contribution >= 0.6 is 0 Å². The number of carbonyl (C=O) groups is 1. The summed E-state index contributed by atoms with van der Waals surface area (Å²) in [6.07, 6.45) is 5.69. The van der Waals surface area contributed by atoms with Gasteiger partial charge in [-0.1, -0.05) is 18.2 Å². The number of benzene rings is 1. The van der Waals surface area contributed by atoms with Gasteiger partial charge in [-0.2, -0.15) is 0 Å². The number of aromatic nitrogens is 1. The molecule has 0 spiro atoms. The molecule has 30 heavy (non-hydrogen) atoms. The van der Waals surface area contributed by atoms with Crippen LogP contribution in [0.1, 0.15) is 45.8 Å². The first-order chi connectivity index (χ1) is 14.3. The number of hydrogen-bond acceptors (Lipinski definition) is 5. The molecule has 1 aliphatic heterocycles. The van der Waals surface area contributed by atoms with Crippen molar-refractivity contribution in [3.63, 3.8) is 0 Å². The van der Waals surface area contributed by atoms with Crippen LogP contribution in [0.25, 0.3) is 0 Å². The molecule has 1 N–H and O–H groups in total. The number of anilines is 1. The molecule has 0 bridgehead atoms. The zero-order chi connectivity index (χ0) is 21.3. The number of pyridine rings is 1. The lowest BCUT2D eigenvalue weighted by Gasteiger charge is -2.36. The van der Waals surface area contributed by atoms with Crippen molar-refractivity contribution in [3.8, 4) is 0 Å². The molecule has 160 valence electrons. The normalized spacial score (nSPS) is 17.3. The number of nitrogens with zero attached hydrogens (tertiary/aromatic N) is 3. The highest BCUT2D eigenvalue weighted by molar-refractivity contribution is 7.88. The number of nitrogens with one attached hydrogen (secondary N) is 1. The highest BCUT2D eigenvalue weighted by Gasteiger charge is 2.26. The topological polar surface area (TPSA) is 82.6 Å².